The average molecular weight is 290 g/mol. The van der Waals surface area contributed by atoms with Crippen molar-refractivity contribution in [2.45, 2.75) is 32.0 Å². The second-order valence-corrected chi connectivity index (χ2v) is 6.53. The molecular formula is C12H20ClN3OS. The van der Waals surface area contributed by atoms with Gasteiger partial charge in [0.15, 0.2) is 0 Å². The van der Waals surface area contributed by atoms with Crippen LogP contribution >= 0.6 is 22.9 Å². The van der Waals surface area contributed by atoms with Gasteiger partial charge in [0.25, 0.3) is 0 Å². The van der Waals surface area contributed by atoms with Crippen molar-refractivity contribution in [1.29, 1.82) is 0 Å². The van der Waals surface area contributed by atoms with Gasteiger partial charge in [-0.05, 0) is 26.0 Å². The van der Waals surface area contributed by atoms with Gasteiger partial charge < -0.3 is 4.74 Å². The molecule has 0 saturated carbocycles. The first-order chi connectivity index (χ1) is 8.61. The highest BCUT2D eigenvalue weighted by Gasteiger charge is 2.30. The molecule has 0 aromatic carbocycles. The summed E-state index contributed by atoms with van der Waals surface area (Å²) < 4.78 is 6.63. The molecule has 6 heteroatoms. The predicted octanol–water partition coefficient (Wildman–Crippen LogP) is 2.02. The molecule has 1 aromatic rings. The van der Waals surface area contributed by atoms with Crippen LogP contribution in [-0.2, 0) is 4.74 Å². The number of hydrogen-bond donors (Lipinski definition) is 2. The molecule has 18 heavy (non-hydrogen) atoms. The van der Waals surface area contributed by atoms with Gasteiger partial charge in [-0.3, -0.25) is 10.7 Å². The minimum absolute atomic E-state index is 0.00375. The summed E-state index contributed by atoms with van der Waals surface area (Å²) in [4.78, 5) is 3.53. The number of thiophene rings is 1. The zero-order valence-corrected chi connectivity index (χ0v) is 12.3. The molecule has 3 N–H and O–H groups in total. The Morgan fingerprint density at radius 3 is 2.89 bits per heavy atom. The molecule has 2 atom stereocenters. The van der Waals surface area contributed by atoms with Crippen LogP contribution in [0.5, 0.6) is 0 Å². The molecule has 1 aliphatic rings. The summed E-state index contributed by atoms with van der Waals surface area (Å²) >= 11 is 7.53. The van der Waals surface area contributed by atoms with Crippen molar-refractivity contribution >= 4 is 22.9 Å². The zero-order valence-electron chi connectivity index (χ0n) is 10.7. The summed E-state index contributed by atoms with van der Waals surface area (Å²) in [6, 6.07) is 4.44. The van der Waals surface area contributed by atoms with Crippen molar-refractivity contribution in [3.63, 3.8) is 0 Å². The maximum Gasteiger partial charge on any atom is 0.0931 e. The topological polar surface area (TPSA) is 50.5 Å². The summed E-state index contributed by atoms with van der Waals surface area (Å²) in [7, 11) is 0. The molecule has 4 nitrogen and oxygen atoms in total. The summed E-state index contributed by atoms with van der Waals surface area (Å²) in [6.07, 6.45) is 0.0702. The Kier molecular flexibility index (Phi) is 5.00. The minimum Gasteiger partial charge on any atom is -0.373 e. The highest BCUT2D eigenvalue weighted by molar-refractivity contribution is 7.16. The summed E-state index contributed by atoms with van der Waals surface area (Å²) in [6.45, 7) is 7.03. The van der Waals surface area contributed by atoms with Crippen LogP contribution < -0.4 is 11.3 Å². The Labute approximate surface area is 117 Å². The van der Waals surface area contributed by atoms with E-state index in [1.54, 1.807) is 11.3 Å². The molecule has 1 saturated heterocycles. The van der Waals surface area contributed by atoms with E-state index < -0.39 is 0 Å². The largest absolute Gasteiger partial charge is 0.373 e. The summed E-state index contributed by atoms with van der Waals surface area (Å²) in [5.41, 5.74) is 2.86. The fourth-order valence-corrected chi connectivity index (χ4v) is 3.41. The number of rotatable bonds is 4. The van der Waals surface area contributed by atoms with Crippen molar-refractivity contribution in [1.82, 2.24) is 10.3 Å². The molecule has 2 unspecified atom stereocenters. The van der Waals surface area contributed by atoms with Crippen LogP contribution in [0.4, 0.5) is 0 Å². The van der Waals surface area contributed by atoms with Crippen LogP contribution in [0.2, 0.25) is 4.34 Å². The van der Waals surface area contributed by atoms with Gasteiger partial charge in [0.1, 0.15) is 0 Å². The van der Waals surface area contributed by atoms with Gasteiger partial charge in [-0.1, -0.05) is 11.6 Å². The molecule has 1 aromatic heterocycles. The zero-order chi connectivity index (χ0) is 13.1. The Bertz CT molecular complexity index is 385. The SMILES string of the molecule is CC(C)N1CCOC(C(NN)c2ccc(Cl)s2)C1. The lowest BCUT2D eigenvalue weighted by atomic mass is 10.1. The summed E-state index contributed by atoms with van der Waals surface area (Å²) in [5, 5.41) is 0. The number of nitrogens with zero attached hydrogens (tertiary/aromatic N) is 1. The Morgan fingerprint density at radius 2 is 2.33 bits per heavy atom. The van der Waals surface area contributed by atoms with E-state index >= 15 is 0 Å². The smallest absolute Gasteiger partial charge is 0.0931 e. The van der Waals surface area contributed by atoms with Crippen LogP contribution in [-0.4, -0.2) is 36.7 Å². The van der Waals surface area contributed by atoms with E-state index in [1.165, 1.54) is 0 Å². The third-order valence-corrected chi connectivity index (χ3v) is 4.62. The number of nitrogens with one attached hydrogen (secondary N) is 1. The van der Waals surface area contributed by atoms with Gasteiger partial charge >= 0.3 is 0 Å². The van der Waals surface area contributed by atoms with Gasteiger partial charge in [0.05, 0.1) is 23.1 Å². The van der Waals surface area contributed by atoms with E-state index in [1.807, 2.05) is 12.1 Å². The van der Waals surface area contributed by atoms with Crippen LogP contribution in [0.1, 0.15) is 24.8 Å². The Hall–Kier alpha value is -0.170. The summed E-state index contributed by atoms with van der Waals surface area (Å²) in [5.74, 6) is 5.68. The standard InChI is InChI=1S/C12H20ClN3OS/c1-8(2)16-5-6-17-9(7-16)12(15-14)10-3-4-11(13)18-10/h3-4,8-9,12,15H,5-7,14H2,1-2H3. The third-order valence-electron chi connectivity index (χ3n) is 3.31. The average Bonchev–Trinajstić information content (AvgIpc) is 2.77. The van der Waals surface area contributed by atoms with E-state index in [2.05, 4.69) is 24.2 Å². The normalized spacial score (nSPS) is 23.5. The fraction of sp³-hybridized carbons (Fsp3) is 0.667. The predicted molar refractivity (Wildman–Crippen MR) is 75.8 cm³/mol. The molecular weight excluding hydrogens is 270 g/mol. The lowest BCUT2D eigenvalue weighted by Gasteiger charge is -2.38. The van der Waals surface area contributed by atoms with Gasteiger partial charge in [-0.25, -0.2) is 5.43 Å². The highest BCUT2D eigenvalue weighted by atomic mass is 35.5. The molecule has 102 valence electrons. The first-order valence-electron chi connectivity index (χ1n) is 6.19. The van der Waals surface area contributed by atoms with Crippen LogP contribution in [0.25, 0.3) is 0 Å². The van der Waals surface area contributed by atoms with Crippen LogP contribution in [0.3, 0.4) is 0 Å². The van der Waals surface area contributed by atoms with Crippen molar-refractivity contribution in [2.24, 2.45) is 5.84 Å². The molecule has 1 aliphatic heterocycles. The van der Waals surface area contributed by atoms with E-state index in [9.17, 15) is 0 Å². The lowest BCUT2D eigenvalue weighted by molar-refractivity contribution is -0.0556. The van der Waals surface area contributed by atoms with E-state index in [4.69, 9.17) is 22.2 Å². The van der Waals surface area contributed by atoms with Gasteiger partial charge in [0.2, 0.25) is 0 Å². The quantitative estimate of drug-likeness (QED) is 0.658. The number of hydrazine groups is 1. The van der Waals surface area contributed by atoms with Gasteiger partial charge in [-0.15, -0.1) is 11.3 Å². The fourth-order valence-electron chi connectivity index (χ4n) is 2.24. The second-order valence-electron chi connectivity index (χ2n) is 4.78. The van der Waals surface area contributed by atoms with Crippen molar-refractivity contribution in [3.05, 3.63) is 21.3 Å². The Balaban J connectivity index is 2.08. The molecule has 0 radical (unpaired) electrons. The van der Waals surface area contributed by atoms with E-state index in [-0.39, 0.29) is 12.1 Å². The van der Waals surface area contributed by atoms with E-state index in [0.717, 1.165) is 28.9 Å². The molecule has 2 rings (SSSR count). The molecule has 1 fully saturated rings. The van der Waals surface area contributed by atoms with Gasteiger partial charge in [-0.2, -0.15) is 0 Å². The van der Waals surface area contributed by atoms with Gasteiger partial charge in [0, 0.05) is 24.0 Å². The Morgan fingerprint density at radius 1 is 1.56 bits per heavy atom. The number of hydrogen-bond acceptors (Lipinski definition) is 5. The molecule has 0 bridgehead atoms. The van der Waals surface area contributed by atoms with E-state index in [0.29, 0.717) is 6.04 Å². The molecule has 0 aliphatic carbocycles. The number of nitrogens with two attached hydrogens (primary N) is 1. The second kappa shape index (κ2) is 6.32. The minimum atomic E-state index is 0.00375. The first-order valence-corrected chi connectivity index (χ1v) is 7.38. The number of halogens is 1. The molecule has 0 amide bonds. The van der Waals surface area contributed by atoms with Crippen molar-refractivity contribution < 1.29 is 4.74 Å². The van der Waals surface area contributed by atoms with Crippen LogP contribution in [0.15, 0.2) is 12.1 Å². The van der Waals surface area contributed by atoms with Crippen molar-refractivity contribution in [2.75, 3.05) is 19.7 Å². The molecule has 2 heterocycles. The molecule has 0 spiro atoms. The first kappa shape index (κ1) is 14.2. The van der Waals surface area contributed by atoms with Crippen molar-refractivity contribution in [3.8, 4) is 0 Å². The van der Waals surface area contributed by atoms with Crippen LogP contribution in [0, 0.1) is 0 Å². The monoisotopic (exact) mass is 289 g/mol. The highest BCUT2D eigenvalue weighted by Crippen LogP contribution is 2.30. The third kappa shape index (κ3) is 3.23. The maximum absolute atomic E-state index is 5.98. The number of ether oxygens (including phenoxy) is 1. The maximum atomic E-state index is 5.98. The number of morpholine rings is 1. The lowest BCUT2D eigenvalue weighted by Crippen LogP contribution is -2.51.